The summed E-state index contributed by atoms with van der Waals surface area (Å²) in [6, 6.07) is 0. The molecule has 0 saturated carbocycles. The lowest BCUT2D eigenvalue weighted by Crippen LogP contribution is -2.42. The van der Waals surface area contributed by atoms with Gasteiger partial charge in [-0.05, 0) is 41.0 Å². The lowest BCUT2D eigenvalue weighted by Gasteiger charge is -2.35. The maximum Gasteiger partial charge on any atom is 0.283 e. The zero-order chi connectivity index (χ0) is 17.0. The largest absolute Gasteiger partial charge is 0.353 e. The zero-order valence-electron chi connectivity index (χ0n) is 15.2. The van der Waals surface area contributed by atoms with Crippen molar-refractivity contribution >= 4 is 0 Å². The minimum Gasteiger partial charge on any atom is -0.353 e. The topological polar surface area (TPSA) is 55.4 Å². The standard InChI is InChI=1S/C16H34O6/c1-8-12-19-16(18-9-2,20-13(3)4)11-10-15(17-7)22-21-14(5)6/h13-15H,8-12H2,1-7H3. The van der Waals surface area contributed by atoms with Crippen molar-refractivity contribution in [2.45, 2.75) is 85.3 Å². The maximum atomic E-state index is 5.90. The van der Waals surface area contributed by atoms with Gasteiger partial charge in [-0.3, -0.25) is 0 Å². The molecule has 2 unspecified atom stereocenters. The molecular formula is C16H34O6. The van der Waals surface area contributed by atoms with Crippen molar-refractivity contribution in [3.8, 4) is 0 Å². The summed E-state index contributed by atoms with van der Waals surface area (Å²) < 4.78 is 22.8. The van der Waals surface area contributed by atoms with Crippen LogP contribution >= 0.6 is 0 Å². The van der Waals surface area contributed by atoms with E-state index in [-0.39, 0.29) is 12.2 Å². The van der Waals surface area contributed by atoms with Crippen LogP contribution in [-0.4, -0.2) is 44.8 Å². The molecule has 0 aliphatic carbocycles. The van der Waals surface area contributed by atoms with Crippen LogP contribution in [0.25, 0.3) is 0 Å². The van der Waals surface area contributed by atoms with E-state index in [1.165, 1.54) is 0 Å². The van der Waals surface area contributed by atoms with Crippen LogP contribution in [0.3, 0.4) is 0 Å². The van der Waals surface area contributed by atoms with Crippen molar-refractivity contribution in [2.75, 3.05) is 20.3 Å². The van der Waals surface area contributed by atoms with Crippen molar-refractivity contribution in [1.29, 1.82) is 0 Å². The molecular weight excluding hydrogens is 288 g/mol. The molecule has 0 spiro atoms. The van der Waals surface area contributed by atoms with Gasteiger partial charge in [-0.1, -0.05) is 6.92 Å². The fourth-order valence-electron chi connectivity index (χ4n) is 1.82. The van der Waals surface area contributed by atoms with Crippen LogP contribution in [0, 0.1) is 0 Å². The van der Waals surface area contributed by atoms with Crippen LogP contribution in [-0.2, 0) is 28.7 Å². The Hall–Kier alpha value is -0.240. The molecule has 0 radical (unpaired) electrons. The smallest absolute Gasteiger partial charge is 0.283 e. The van der Waals surface area contributed by atoms with Crippen molar-refractivity contribution in [2.24, 2.45) is 0 Å². The van der Waals surface area contributed by atoms with Gasteiger partial charge in [0.05, 0.1) is 18.8 Å². The summed E-state index contributed by atoms with van der Waals surface area (Å²) >= 11 is 0. The van der Waals surface area contributed by atoms with Gasteiger partial charge >= 0.3 is 0 Å². The van der Waals surface area contributed by atoms with Crippen LogP contribution in [0.1, 0.15) is 60.8 Å². The van der Waals surface area contributed by atoms with E-state index in [4.69, 9.17) is 28.7 Å². The summed E-state index contributed by atoms with van der Waals surface area (Å²) in [6.45, 7) is 12.7. The van der Waals surface area contributed by atoms with Gasteiger partial charge in [0, 0.05) is 26.6 Å². The minimum absolute atomic E-state index is 0.0165. The van der Waals surface area contributed by atoms with E-state index in [2.05, 4.69) is 0 Å². The van der Waals surface area contributed by atoms with Crippen molar-refractivity contribution in [1.82, 2.24) is 0 Å². The zero-order valence-corrected chi connectivity index (χ0v) is 15.2. The molecule has 0 heterocycles. The van der Waals surface area contributed by atoms with E-state index in [0.29, 0.717) is 26.1 Å². The molecule has 0 aromatic carbocycles. The fourth-order valence-corrected chi connectivity index (χ4v) is 1.82. The second-order valence-corrected chi connectivity index (χ2v) is 5.58. The lowest BCUT2D eigenvalue weighted by atomic mass is 10.2. The number of hydrogen-bond acceptors (Lipinski definition) is 6. The molecule has 0 aromatic heterocycles. The molecule has 22 heavy (non-hydrogen) atoms. The first-order chi connectivity index (χ1) is 10.4. The van der Waals surface area contributed by atoms with Crippen LogP contribution < -0.4 is 0 Å². The summed E-state index contributed by atoms with van der Waals surface area (Å²) in [6.07, 6.45) is 1.35. The number of rotatable bonds is 14. The average molecular weight is 322 g/mol. The second kappa shape index (κ2) is 12.2. The van der Waals surface area contributed by atoms with Crippen LogP contribution in [0.5, 0.6) is 0 Å². The number of ether oxygens (including phenoxy) is 4. The molecule has 0 aromatic rings. The van der Waals surface area contributed by atoms with E-state index in [1.54, 1.807) is 7.11 Å². The Labute approximate surface area is 135 Å². The summed E-state index contributed by atoms with van der Waals surface area (Å²) in [7, 11) is 1.58. The molecule has 0 fully saturated rings. The van der Waals surface area contributed by atoms with E-state index in [1.807, 2.05) is 41.5 Å². The second-order valence-electron chi connectivity index (χ2n) is 5.58. The van der Waals surface area contributed by atoms with Gasteiger partial charge < -0.3 is 18.9 Å². The first kappa shape index (κ1) is 21.8. The SMILES string of the molecule is CCCOC(CCC(OC)OOC(C)C)(OCC)OC(C)C. The third-order valence-electron chi connectivity index (χ3n) is 2.61. The molecule has 0 aliphatic heterocycles. The maximum absolute atomic E-state index is 5.90. The third-order valence-corrected chi connectivity index (χ3v) is 2.61. The van der Waals surface area contributed by atoms with Gasteiger partial charge in [0.25, 0.3) is 5.97 Å². The Balaban J connectivity index is 4.69. The summed E-state index contributed by atoms with van der Waals surface area (Å²) in [5, 5.41) is 0. The van der Waals surface area contributed by atoms with Gasteiger partial charge in [-0.2, -0.15) is 0 Å². The predicted molar refractivity (Wildman–Crippen MR) is 84.2 cm³/mol. The number of hydrogen-bond donors (Lipinski definition) is 0. The molecule has 6 nitrogen and oxygen atoms in total. The first-order valence-electron chi connectivity index (χ1n) is 8.19. The molecule has 6 heteroatoms. The highest BCUT2D eigenvalue weighted by molar-refractivity contribution is 4.62. The van der Waals surface area contributed by atoms with E-state index in [9.17, 15) is 0 Å². The summed E-state index contributed by atoms with van der Waals surface area (Å²) in [5.74, 6) is -1.07. The van der Waals surface area contributed by atoms with Crippen molar-refractivity contribution < 1.29 is 28.7 Å². The molecule has 0 aliphatic rings. The Morgan fingerprint density at radius 2 is 1.59 bits per heavy atom. The van der Waals surface area contributed by atoms with E-state index in [0.717, 1.165) is 6.42 Å². The van der Waals surface area contributed by atoms with Gasteiger partial charge in [0.1, 0.15) is 0 Å². The van der Waals surface area contributed by atoms with Gasteiger partial charge in [0.2, 0.25) is 0 Å². The molecule has 2 atom stereocenters. The van der Waals surface area contributed by atoms with Crippen molar-refractivity contribution in [3.63, 3.8) is 0 Å². The highest BCUT2D eigenvalue weighted by Gasteiger charge is 2.35. The molecule has 134 valence electrons. The van der Waals surface area contributed by atoms with Crippen LogP contribution in [0.2, 0.25) is 0 Å². The molecule has 0 bridgehead atoms. The van der Waals surface area contributed by atoms with E-state index >= 15 is 0 Å². The van der Waals surface area contributed by atoms with Gasteiger partial charge in [0.15, 0.2) is 6.29 Å². The highest BCUT2D eigenvalue weighted by atomic mass is 17.2. The van der Waals surface area contributed by atoms with Crippen LogP contribution in [0.4, 0.5) is 0 Å². The molecule has 0 saturated heterocycles. The fraction of sp³-hybridized carbons (Fsp3) is 1.00. The summed E-state index contributed by atoms with van der Waals surface area (Å²) in [5.41, 5.74) is 0. The van der Waals surface area contributed by atoms with Gasteiger partial charge in [-0.15, -0.1) is 0 Å². The van der Waals surface area contributed by atoms with Gasteiger partial charge in [-0.25, -0.2) is 9.78 Å². The minimum atomic E-state index is -1.07. The molecule has 0 rings (SSSR count). The first-order valence-corrected chi connectivity index (χ1v) is 8.19. The monoisotopic (exact) mass is 322 g/mol. The Morgan fingerprint density at radius 3 is 2.05 bits per heavy atom. The number of methoxy groups -OCH3 is 1. The lowest BCUT2D eigenvalue weighted by molar-refractivity contribution is -0.413. The predicted octanol–water partition coefficient (Wildman–Crippen LogP) is 3.64. The summed E-state index contributed by atoms with van der Waals surface area (Å²) in [4.78, 5) is 10.4. The highest BCUT2D eigenvalue weighted by Crippen LogP contribution is 2.26. The van der Waals surface area contributed by atoms with E-state index < -0.39 is 12.3 Å². The third kappa shape index (κ3) is 9.71. The molecule has 0 amide bonds. The normalized spacial score (nSPS) is 16.2. The van der Waals surface area contributed by atoms with Crippen molar-refractivity contribution in [3.05, 3.63) is 0 Å². The Morgan fingerprint density at radius 1 is 0.909 bits per heavy atom. The van der Waals surface area contributed by atoms with Crippen LogP contribution in [0.15, 0.2) is 0 Å². The Kier molecular flexibility index (Phi) is 12.1. The Bertz CT molecular complexity index is 259. The quantitative estimate of drug-likeness (QED) is 0.276. The molecule has 0 N–H and O–H groups in total. The average Bonchev–Trinajstić information content (AvgIpc) is 2.44.